The molecule has 2 rings (SSSR count). The maximum Gasteiger partial charge on any atom is 0.182 e. The average Bonchev–Trinajstić information content (AvgIpc) is 2.41. The van der Waals surface area contributed by atoms with Gasteiger partial charge in [-0.15, -0.1) is 0 Å². The van der Waals surface area contributed by atoms with Gasteiger partial charge in [0.1, 0.15) is 4.99 Å². The van der Waals surface area contributed by atoms with Crippen molar-refractivity contribution in [2.45, 2.75) is 6.54 Å². The molecule has 1 aromatic heterocycles. The van der Waals surface area contributed by atoms with Crippen molar-refractivity contribution in [1.29, 1.82) is 0 Å². The third-order valence-corrected chi connectivity index (χ3v) is 2.66. The third-order valence-electron chi connectivity index (χ3n) is 2.44. The summed E-state index contributed by atoms with van der Waals surface area (Å²) in [5, 5.41) is 10.2. The van der Waals surface area contributed by atoms with Crippen LogP contribution < -0.4 is 11.1 Å². The first-order valence-electron chi connectivity index (χ1n) is 5.38. The van der Waals surface area contributed by atoms with E-state index in [1.807, 2.05) is 0 Å². The summed E-state index contributed by atoms with van der Waals surface area (Å²) in [6, 6.07) is 6.14. The van der Waals surface area contributed by atoms with Gasteiger partial charge in [-0.1, -0.05) is 12.2 Å². The monoisotopic (exact) mass is 280 g/mol. The van der Waals surface area contributed by atoms with Crippen LogP contribution in [0.1, 0.15) is 11.3 Å². The van der Waals surface area contributed by atoms with Crippen LogP contribution in [0, 0.1) is 11.6 Å². The van der Waals surface area contributed by atoms with Crippen molar-refractivity contribution in [3.05, 3.63) is 53.4 Å². The molecule has 1 aromatic carbocycles. The molecule has 3 N–H and O–H groups in total. The van der Waals surface area contributed by atoms with Crippen LogP contribution in [0.2, 0.25) is 0 Å². The smallest absolute Gasteiger partial charge is 0.182 e. The molecule has 2 aromatic rings. The van der Waals surface area contributed by atoms with E-state index in [0.29, 0.717) is 5.69 Å². The van der Waals surface area contributed by atoms with Crippen LogP contribution in [-0.2, 0) is 6.54 Å². The minimum absolute atomic E-state index is 0.0168. The zero-order valence-electron chi connectivity index (χ0n) is 9.73. The second-order valence-corrected chi connectivity index (χ2v) is 4.16. The zero-order chi connectivity index (χ0) is 13.8. The molecule has 0 saturated carbocycles. The van der Waals surface area contributed by atoms with Gasteiger partial charge in [0.2, 0.25) is 0 Å². The summed E-state index contributed by atoms with van der Waals surface area (Å²) < 4.78 is 27.4. The summed E-state index contributed by atoms with van der Waals surface area (Å²) in [6.07, 6.45) is 1.53. The van der Waals surface area contributed by atoms with Crippen molar-refractivity contribution in [2.75, 3.05) is 5.32 Å². The van der Waals surface area contributed by atoms with E-state index in [1.54, 1.807) is 12.1 Å². The molecule has 0 aliphatic rings. The number of halogens is 2. The molecule has 0 radical (unpaired) electrons. The number of hydrogen-bond acceptors (Lipinski definition) is 4. The van der Waals surface area contributed by atoms with Crippen molar-refractivity contribution < 1.29 is 8.78 Å². The molecule has 0 saturated heterocycles. The Bertz CT molecular complexity index is 604. The average molecular weight is 280 g/mol. The van der Waals surface area contributed by atoms with Gasteiger partial charge in [0.05, 0.1) is 17.9 Å². The molecule has 0 aliphatic heterocycles. The topological polar surface area (TPSA) is 63.8 Å². The number of hydrogen-bond donors (Lipinski definition) is 2. The van der Waals surface area contributed by atoms with Crippen LogP contribution in [0.4, 0.5) is 14.5 Å². The normalized spacial score (nSPS) is 10.2. The van der Waals surface area contributed by atoms with Crippen LogP contribution in [-0.4, -0.2) is 15.2 Å². The Balaban J connectivity index is 2.18. The van der Waals surface area contributed by atoms with Gasteiger partial charge < -0.3 is 11.1 Å². The molecule has 19 heavy (non-hydrogen) atoms. The molecule has 0 unspecified atom stereocenters. The summed E-state index contributed by atoms with van der Waals surface area (Å²) in [7, 11) is 0. The van der Waals surface area contributed by atoms with Gasteiger partial charge in [-0.3, -0.25) is 0 Å². The number of aromatic nitrogens is 2. The third kappa shape index (κ3) is 3.00. The van der Waals surface area contributed by atoms with Crippen molar-refractivity contribution in [3.63, 3.8) is 0 Å². The quantitative estimate of drug-likeness (QED) is 0.839. The summed E-state index contributed by atoms with van der Waals surface area (Å²) in [5.41, 5.74) is 5.80. The van der Waals surface area contributed by atoms with Gasteiger partial charge in [-0.25, -0.2) is 8.78 Å². The Morgan fingerprint density at radius 3 is 2.68 bits per heavy atom. The lowest BCUT2D eigenvalue weighted by atomic mass is 10.1. The number of nitrogens with zero attached hydrogens (tertiary/aromatic N) is 2. The maximum absolute atomic E-state index is 13.7. The first kappa shape index (κ1) is 13.3. The molecule has 7 heteroatoms. The minimum Gasteiger partial charge on any atom is -0.389 e. The first-order chi connectivity index (χ1) is 9.09. The standard InChI is InChI=1S/C12H10F2N4S/c13-10-8(12(15)19)3-4-9(11(10)14)16-6-7-2-1-5-17-18-7/h1-5,16H,6H2,(H2,15,19). The van der Waals surface area contributed by atoms with Gasteiger partial charge >= 0.3 is 0 Å². The van der Waals surface area contributed by atoms with Gasteiger partial charge in [0.15, 0.2) is 11.6 Å². The highest BCUT2D eigenvalue weighted by atomic mass is 32.1. The van der Waals surface area contributed by atoms with Gasteiger partial charge in [-0.2, -0.15) is 10.2 Å². The maximum atomic E-state index is 13.7. The Morgan fingerprint density at radius 2 is 2.05 bits per heavy atom. The van der Waals surface area contributed by atoms with Crippen molar-refractivity contribution in [2.24, 2.45) is 5.73 Å². The fourth-order valence-electron chi connectivity index (χ4n) is 1.49. The fourth-order valence-corrected chi connectivity index (χ4v) is 1.65. The second-order valence-electron chi connectivity index (χ2n) is 3.72. The first-order valence-corrected chi connectivity index (χ1v) is 5.78. The number of thiocarbonyl (C=S) groups is 1. The molecule has 0 amide bonds. The molecule has 0 fully saturated rings. The predicted octanol–water partition coefficient (Wildman–Crippen LogP) is 2.00. The minimum atomic E-state index is -1.06. The molecule has 0 bridgehead atoms. The second kappa shape index (κ2) is 5.66. The molecule has 4 nitrogen and oxygen atoms in total. The predicted molar refractivity (Wildman–Crippen MR) is 71.6 cm³/mol. The van der Waals surface area contributed by atoms with E-state index in [1.165, 1.54) is 18.3 Å². The lowest BCUT2D eigenvalue weighted by Gasteiger charge is -2.09. The molecule has 0 aliphatic carbocycles. The van der Waals surface area contributed by atoms with Gasteiger partial charge in [-0.05, 0) is 24.3 Å². The summed E-state index contributed by atoms with van der Waals surface area (Å²) in [6.45, 7) is 0.233. The van der Waals surface area contributed by atoms with Crippen LogP contribution >= 0.6 is 12.2 Å². The zero-order valence-corrected chi connectivity index (χ0v) is 10.5. The molecule has 0 atom stereocenters. The van der Waals surface area contributed by atoms with E-state index in [0.717, 1.165) is 0 Å². The van der Waals surface area contributed by atoms with E-state index < -0.39 is 11.6 Å². The summed E-state index contributed by atoms with van der Waals surface area (Å²) in [5.74, 6) is -2.08. The van der Waals surface area contributed by atoms with E-state index in [-0.39, 0.29) is 22.8 Å². The van der Waals surface area contributed by atoms with Crippen molar-refractivity contribution in [1.82, 2.24) is 10.2 Å². The SMILES string of the molecule is NC(=S)c1ccc(NCc2cccnn2)c(F)c1F. The van der Waals surface area contributed by atoms with E-state index in [4.69, 9.17) is 5.73 Å². The molecular weight excluding hydrogens is 270 g/mol. The molecule has 98 valence electrons. The highest BCUT2D eigenvalue weighted by molar-refractivity contribution is 7.80. The van der Waals surface area contributed by atoms with Gasteiger partial charge in [0.25, 0.3) is 0 Å². The Morgan fingerprint density at radius 1 is 1.26 bits per heavy atom. The number of anilines is 1. The van der Waals surface area contributed by atoms with Crippen LogP contribution in [0.25, 0.3) is 0 Å². The highest BCUT2D eigenvalue weighted by Crippen LogP contribution is 2.21. The van der Waals surface area contributed by atoms with E-state index in [2.05, 4.69) is 27.7 Å². The van der Waals surface area contributed by atoms with E-state index >= 15 is 0 Å². The molecule has 1 heterocycles. The highest BCUT2D eigenvalue weighted by Gasteiger charge is 2.14. The fraction of sp³-hybridized carbons (Fsp3) is 0.0833. The van der Waals surface area contributed by atoms with Crippen LogP contribution in [0.3, 0.4) is 0 Å². The molecular formula is C12H10F2N4S. The Labute approximate surface area is 113 Å². The van der Waals surface area contributed by atoms with Crippen molar-refractivity contribution >= 4 is 22.9 Å². The Hall–Kier alpha value is -2.15. The summed E-state index contributed by atoms with van der Waals surface area (Å²) in [4.78, 5) is -0.183. The number of benzene rings is 1. The van der Waals surface area contributed by atoms with Crippen LogP contribution in [0.5, 0.6) is 0 Å². The number of rotatable bonds is 4. The summed E-state index contributed by atoms with van der Waals surface area (Å²) >= 11 is 4.63. The lowest BCUT2D eigenvalue weighted by Crippen LogP contribution is -2.14. The number of nitrogens with two attached hydrogens (primary N) is 1. The van der Waals surface area contributed by atoms with Crippen LogP contribution in [0.15, 0.2) is 30.5 Å². The molecule has 0 spiro atoms. The van der Waals surface area contributed by atoms with E-state index in [9.17, 15) is 8.78 Å². The lowest BCUT2D eigenvalue weighted by molar-refractivity contribution is 0.509. The Kier molecular flexibility index (Phi) is 3.96. The van der Waals surface area contributed by atoms with Crippen molar-refractivity contribution in [3.8, 4) is 0 Å². The number of nitrogens with one attached hydrogen (secondary N) is 1. The largest absolute Gasteiger partial charge is 0.389 e. The van der Waals surface area contributed by atoms with Gasteiger partial charge in [0, 0.05) is 11.8 Å².